The van der Waals surface area contributed by atoms with Gasteiger partial charge in [0.05, 0.1) is 115 Å². The molecule has 6 atom stereocenters. The number of amides is 7. The van der Waals surface area contributed by atoms with Gasteiger partial charge in [-0.15, -0.1) is 5.10 Å². The number of carbonyl (C=O) groups excluding carboxylic acids is 9. The predicted molar refractivity (Wildman–Crippen MR) is 516 cm³/mol. The van der Waals surface area contributed by atoms with Gasteiger partial charge in [0.1, 0.15) is 35.4 Å². The predicted octanol–water partition coefficient (Wildman–Crippen LogP) is 4.94. The number of Topliss-reactive ketones (excluding diaryl/α,β-unsaturated/α-hetero) is 2. The van der Waals surface area contributed by atoms with E-state index in [-0.39, 0.29) is 295 Å². The molecule has 2 aliphatic rings. The van der Waals surface area contributed by atoms with Crippen LogP contribution in [0, 0.1) is 52.3 Å². The first kappa shape index (κ1) is 122. The van der Waals surface area contributed by atoms with E-state index in [1.54, 1.807) is 31.2 Å². The van der Waals surface area contributed by atoms with Gasteiger partial charge in [0, 0.05) is 195 Å². The quantitative estimate of drug-likeness (QED) is 0.0158. The Morgan fingerprint density at radius 2 is 0.943 bits per heavy atom. The van der Waals surface area contributed by atoms with Crippen LogP contribution in [0.4, 0.5) is 5.69 Å². The molecule has 141 heavy (non-hydrogen) atoms. The van der Waals surface area contributed by atoms with Crippen LogP contribution in [0.2, 0.25) is 0 Å². The summed E-state index contributed by atoms with van der Waals surface area (Å²) in [5, 5.41) is 92.9. The van der Waals surface area contributed by atoms with Crippen LogP contribution in [-0.4, -0.2) is 352 Å². The number of nitrogens with zero attached hydrogens (tertiary/aromatic N) is 8. The molecule has 3 aromatic carbocycles. The number of nitrogens with one attached hydrogen (secondary N) is 6. The second-order valence-corrected chi connectivity index (χ2v) is 37.6. The zero-order chi connectivity index (χ0) is 102. The second kappa shape index (κ2) is 68.7. The van der Waals surface area contributed by atoms with Crippen molar-refractivity contribution in [2.45, 2.75) is 199 Å². The molecule has 1 aromatic heterocycles. The van der Waals surface area contributed by atoms with Crippen molar-refractivity contribution in [2.24, 2.45) is 11.8 Å². The number of aromatic nitrogens is 3. The van der Waals surface area contributed by atoms with Gasteiger partial charge in [-0.3, -0.25) is 91.3 Å². The number of ether oxygens (including phenoxy) is 4. The summed E-state index contributed by atoms with van der Waals surface area (Å²) in [5.41, 5.74) is 5.22. The molecule has 1 radical (unpaired) electrons. The Labute approximate surface area is 862 Å². The van der Waals surface area contributed by atoms with Gasteiger partial charge in [0.25, 0.3) is 0 Å². The van der Waals surface area contributed by atoms with Crippen molar-refractivity contribution in [1.82, 2.24) is 66.5 Å². The fourth-order valence-electron chi connectivity index (χ4n) is 15.7. The number of para-hydroxylation sites is 1. The van der Waals surface area contributed by atoms with Gasteiger partial charge < -0.3 is 101 Å². The van der Waals surface area contributed by atoms with Crippen LogP contribution in [0.15, 0.2) is 72.8 Å². The summed E-state index contributed by atoms with van der Waals surface area (Å²) >= 11 is 2.22. The molecule has 3 heterocycles. The molecule has 0 saturated carbocycles. The minimum atomic E-state index is -4.33. The molecule has 0 aliphatic carbocycles. The summed E-state index contributed by atoms with van der Waals surface area (Å²) in [5.74, 6) is -15.0. The molecule has 1 saturated heterocycles. The average Bonchev–Trinajstić information content (AvgIpc) is 1.65. The van der Waals surface area contributed by atoms with Crippen LogP contribution in [0.3, 0.4) is 0 Å². The van der Waals surface area contributed by atoms with Crippen LogP contribution in [-0.2, 0) is 124 Å². The third-order valence-electron chi connectivity index (χ3n) is 23.2. The molecule has 44 nitrogen and oxygen atoms in total. The van der Waals surface area contributed by atoms with Crippen molar-refractivity contribution in [3.05, 3.63) is 87.5 Å². The molecular formula is C94H138ILuN14O30P. The molecule has 14 N–H and O–H groups in total. The van der Waals surface area contributed by atoms with E-state index < -0.39 is 134 Å². The number of aryl methyl sites for hydroxylation is 2. The van der Waals surface area contributed by atoms with E-state index in [9.17, 15) is 122 Å². The molecular weight excluding hydrogens is 2140 g/mol. The minimum absolute atomic E-state index is 0. The number of carboxylic acids is 7. The number of aliphatic carboxylic acids is 7. The summed E-state index contributed by atoms with van der Waals surface area (Å²) < 4.78 is 42.9. The van der Waals surface area contributed by atoms with Gasteiger partial charge in [-0.05, 0) is 142 Å². The fraction of sp³-hybridized carbons (Fsp3) is 0.617. The molecule has 0 spiro atoms. The number of unbranched alkanes of at least 4 members (excludes halogenated alkanes) is 3. The summed E-state index contributed by atoms with van der Waals surface area (Å²) in [6.07, 6.45) is 2.14. The molecule has 1 fully saturated rings. The molecule has 6 rings (SSSR count). The van der Waals surface area contributed by atoms with Gasteiger partial charge in [0.2, 0.25) is 41.4 Å². The Morgan fingerprint density at radius 1 is 0.440 bits per heavy atom. The van der Waals surface area contributed by atoms with Gasteiger partial charge >= 0.3 is 49.4 Å². The molecule has 2 aliphatic heterocycles. The summed E-state index contributed by atoms with van der Waals surface area (Å²) in [4.78, 5) is 221. The molecule has 4 aromatic rings. The Bertz CT molecular complexity index is 4680. The van der Waals surface area contributed by atoms with E-state index in [1.165, 1.54) is 0 Å². The summed E-state index contributed by atoms with van der Waals surface area (Å²) in [7, 11) is -4.33. The third kappa shape index (κ3) is 50.5. The van der Waals surface area contributed by atoms with Crippen molar-refractivity contribution >= 4 is 131 Å². The molecule has 4 unspecified atom stereocenters. The van der Waals surface area contributed by atoms with Crippen LogP contribution in [0.5, 0.6) is 0 Å². The SMILES string of the molecule is CCCC(CP(=O)(O)OCCC[C@H](NC(=O)CC[C@H](CC(=O)CCCCCNC(=O)CCC(NC(=O)CCOCCOCCOCCOCCCC(=O)CCC(=O)N1Cc2ccccc2-c2c(nnn2CCCNC(=O)CN2CCN(CC(=O)O)CCN(CC(=O)O)CCN(CC(=O)O)CC2)-c2ccccc21)C(=O)NC(CCCCNC(=O)CCCc1ccc(I)cc1)C(=O)O)C(=O)O)C(=O)O)C(=O)O.[Lu]. The van der Waals surface area contributed by atoms with Crippen molar-refractivity contribution < 1.29 is 182 Å². The maximum Gasteiger partial charge on any atom is 0.328 e. The smallest absolute Gasteiger partial charge is 0.328 e. The zero-order valence-corrected chi connectivity index (χ0v) is 84.5. The van der Waals surface area contributed by atoms with Gasteiger partial charge in [-0.25, -0.2) is 14.3 Å². The van der Waals surface area contributed by atoms with Crippen LogP contribution >= 0.6 is 30.2 Å². The minimum Gasteiger partial charge on any atom is -0.481 e. The van der Waals surface area contributed by atoms with Crippen molar-refractivity contribution in [3.63, 3.8) is 0 Å². The second-order valence-electron chi connectivity index (χ2n) is 34.4. The van der Waals surface area contributed by atoms with E-state index in [2.05, 4.69) is 64.8 Å². The normalized spacial score (nSPS) is 14.7. The van der Waals surface area contributed by atoms with Gasteiger partial charge in [0.15, 0.2) is 0 Å². The Morgan fingerprint density at radius 3 is 1.53 bits per heavy atom. The number of carboxylic acid groups (broad SMARTS) is 7. The number of ketones is 2. The van der Waals surface area contributed by atoms with E-state index in [0.717, 1.165) is 32.4 Å². The number of halogens is 1. The molecule has 47 heteroatoms. The number of anilines is 1. The van der Waals surface area contributed by atoms with Gasteiger partial charge in [-0.1, -0.05) is 79.6 Å². The largest absolute Gasteiger partial charge is 0.481 e. The third-order valence-corrected chi connectivity index (χ3v) is 25.4. The van der Waals surface area contributed by atoms with Crippen LogP contribution < -0.4 is 36.8 Å². The Balaban J connectivity index is 0.0000350. The maximum atomic E-state index is 14.3. The first-order valence-corrected chi connectivity index (χ1v) is 50.5. The average molecular weight is 2280 g/mol. The van der Waals surface area contributed by atoms with E-state index in [4.69, 9.17) is 23.5 Å². The first-order valence-electron chi connectivity index (χ1n) is 47.7. The van der Waals surface area contributed by atoms with Crippen molar-refractivity contribution in [3.8, 4) is 22.5 Å². The van der Waals surface area contributed by atoms with Crippen molar-refractivity contribution in [1.29, 1.82) is 0 Å². The van der Waals surface area contributed by atoms with Gasteiger partial charge in [-0.2, -0.15) is 0 Å². The summed E-state index contributed by atoms with van der Waals surface area (Å²) in [6.45, 7) is 4.91. The van der Waals surface area contributed by atoms with Crippen molar-refractivity contribution in [2.75, 3.05) is 169 Å². The van der Waals surface area contributed by atoms with E-state index >= 15 is 0 Å². The fourth-order valence-corrected chi connectivity index (χ4v) is 17.4. The Kier molecular flexibility index (Phi) is 59.4. The van der Waals surface area contributed by atoms with E-state index in [1.807, 2.05) is 77.7 Å². The summed E-state index contributed by atoms with van der Waals surface area (Å²) in [6, 6.07) is 18.8. The topological polar surface area (TPSA) is 617 Å². The van der Waals surface area contributed by atoms with Crippen LogP contribution in [0.25, 0.3) is 22.5 Å². The maximum absolute atomic E-state index is 14.3. The number of fused-ring (bicyclic) bond motifs is 5. The molecule has 0 bridgehead atoms. The zero-order valence-electron chi connectivity index (χ0n) is 79.8. The van der Waals surface area contributed by atoms with E-state index in [0.29, 0.717) is 87.7 Å². The van der Waals surface area contributed by atoms with Crippen LogP contribution in [0.1, 0.15) is 172 Å². The number of benzene rings is 3. The Hall–Kier alpha value is -9.49. The number of hydrogen-bond donors (Lipinski definition) is 14. The first-order chi connectivity index (χ1) is 67.1. The monoisotopic (exact) mass is 2280 g/mol. The molecule has 791 valence electrons. The number of rotatable bonds is 71. The standard InChI is InChI=1S/C94H138IN14O30P.Lu/c1-2-16-69(92(127)128)65-140(133,134)139-51-14-24-76(93(129)130)100-81(114)34-29-67(91(125)126)59-72(111)19-4-3-10-38-97-80(113)35-33-75(90(124)101-77(94(131)132)23-9-11-39-96-79(112)26-12-17-66-27-30-70(95)31-28-66)99-82(115)37-52-136-54-56-138-58-57-137-55-53-135-50-13-20-71(110)32-36-84(117)108-60-68-18-5-6-21-73(68)89-88(74-22-7-8-25-78(74)108)102-103-109(89)41-15-40-98-83(116)61-104-42-44-105(62-85(118)119)46-48-107(64-87(122)123)49-47-106(45-43-104)63-86(120)121;/h5-8,18,21-22,25,27-28,30-31,67,69,75-77H,2-4,9-17,19-20,23-24,26,29,32-65H2,1H3,(H,96,112)(H,97,113)(H,98,116)(H,99,115)(H,100,114)(H,101,124)(H,118,119)(H,120,121)(H,122,123)(H,125,126)(H,127,128)(H,129,130)(H,131,132)(H,133,134);/t67-,69?,75?,76+,77?;/m1./s1. The number of carbonyl (C=O) groups is 16. The molecule has 7 amide bonds. The number of hydrogen-bond acceptors (Lipinski definition) is 28.